The molecular formula is C15H13N7OS. The van der Waals surface area contributed by atoms with Gasteiger partial charge in [-0.05, 0) is 30.6 Å². The molecule has 120 valence electrons. The second kappa shape index (κ2) is 6.89. The second-order valence-corrected chi connectivity index (χ2v) is 5.60. The highest BCUT2D eigenvalue weighted by atomic mass is 32.1. The van der Waals surface area contributed by atoms with Crippen LogP contribution < -0.4 is 10.6 Å². The predicted molar refractivity (Wildman–Crippen MR) is 88.8 cm³/mol. The van der Waals surface area contributed by atoms with Gasteiger partial charge in [-0.2, -0.15) is 14.7 Å². The fourth-order valence-electron chi connectivity index (χ4n) is 2.08. The van der Waals surface area contributed by atoms with Gasteiger partial charge in [0.15, 0.2) is 5.82 Å². The fraction of sp³-hybridized carbons (Fsp3) is 0.133. The van der Waals surface area contributed by atoms with Gasteiger partial charge >= 0.3 is 6.03 Å². The van der Waals surface area contributed by atoms with Crippen LogP contribution in [0.4, 0.5) is 9.80 Å². The zero-order valence-corrected chi connectivity index (χ0v) is 13.5. The van der Waals surface area contributed by atoms with Crippen molar-refractivity contribution in [1.82, 2.24) is 24.5 Å². The molecule has 0 spiro atoms. The van der Waals surface area contributed by atoms with Gasteiger partial charge in [0, 0.05) is 30.7 Å². The van der Waals surface area contributed by atoms with E-state index in [0.717, 1.165) is 17.1 Å². The standard InChI is InChI=1S/C15H13N7OS/c1-10-12(8-16)14(24-21-10)20-15(23)18-9-11-4-2-5-17-13(11)22-7-3-6-19-22/h2-7H,9H2,1H3,(H2,18,20,23). The zero-order valence-electron chi connectivity index (χ0n) is 12.7. The molecule has 0 radical (unpaired) electrons. The van der Waals surface area contributed by atoms with Gasteiger partial charge in [0.25, 0.3) is 0 Å². The average molecular weight is 339 g/mol. The third-order valence-electron chi connectivity index (χ3n) is 3.23. The molecule has 0 saturated heterocycles. The summed E-state index contributed by atoms with van der Waals surface area (Å²) in [5.74, 6) is 0.647. The van der Waals surface area contributed by atoms with Gasteiger partial charge in [0.1, 0.15) is 16.6 Å². The molecule has 0 aliphatic heterocycles. The predicted octanol–water partition coefficient (Wildman–Crippen LogP) is 2.23. The Morgan fingerprint density at radius 2 is 2.29 bits per heavy atom. The summed E-state index contributed by atoms with van der Waals surface area (Å²) in [6.07, 6.45) is 5.11. The summed E-state index contributed by atoms with van der Waals surface area (Å²) in [6, 6.07) is 7.08. The van der Waals surface area contributed by atoms with Gasteiger partial charge in [-0.3, -0.25) is 5.32 Å². The number of rotatable bonds is 4. The lowest BCUT2D eigenvalue weighted by Crippen LogP contribution is -2.28. The van der Waals surface area contributed by atoms with Crippen LogP contribution in [0, 0.1) is 18.3 Å². The third kappa shape index (κ3) is 3.23. The number of aryl methyl sites for hydroxylation is 1. The van der Waals surface area contributed by atoms with Crippen molar-refractivity contribution in [3.63, 3.8) is 0 Å². The normalized spacial score (nSPS) is 10.2. The quantitative estimate of drug-likeness (QED) is 0.757. The Hall–Kier alpha value is -3.25. The van der Waals surface area contributed by atoms with Crippen molar-refractivity contribution < 1.29 is 4.79 Å². The molecule has 0 aliphatic rings. The number of aromatic nitrogens is 4. The number of nitrogens with one attached hydrogen (secondary N) is 2. The minimum absolute atomic E-state index is 0.272. The van der Waals surface area contributed by atoms with E-state index in [0.29, 0.717) is 22.1 Å². The van der Waals surface area contributed by atoms with E-state index in [-0.39, 0.29) is 6.54 Å². The van der Waals surface area contributed by atoms with Gasteiger partial charge < -0.3 is 5.32 Å². The van der Waals surface area contributed by atoms with Gasteiger partial charge in [0.05, 0.1) is 5.69 Å². The van der Waals surface area contributed by atoms with Crippen LogP contribution in [0.25, 0.3) is 5.82 Å². The van der Waals surface area contributed by atoms with Crippen LogP contribution >= 0.6 is 11.5 Å². The fourth-order valence-corrected chi connectivity index (χ4v) is 2.82. The summed E-state index contributed by atoms with van der Waals surface area (Å²) < 4.78 is 5.70. The van der Waals surface area contributed by atoms with Crippen molar-refractivity contribution in [2.24, 2.45) is 0 Å². The summed E-state index contributed by atoms with van der Waals surface area (Å²) in [5.41, 5.74) is 1.80. The molecule has 3 heterocycles. The smallest absolute Gasteiger partial charge is 0.320 e. The maximum atomic E-state index is 12.1. The van der Waals surface area contributed by atoms with E-state index in [2.05, 4.69) is 25.1 Å². The van der Waals surface area contributed by atoms with E-state index in [1.807, 2.05) is 12.1 Å². The maximum absolute atomic E-state index is 12.1. The van der Waals surface area contributed by atoms with Crippen molar-refractivity contribution in [3.05, 3.63) is 53.6 Å². The molecule has 0 aromatic carbocycles. The zero-order chi connectivity index (χ0) is 16.9. The van der Waals surface area contributed by atoms with Gasteiger partial charge in [0.2, 0.25) is 0 Å². The lowest BCUT2D eigenvalue weighted by molar-refractivity contribution is 0.252. The summed E-state index contributed by atoms with van der Waals surface area (Å²) >= 11 is 1.08. The van der Waals surface area contributed by atoms with Gasteiger partial charge in [-0.1, -0.05) is 6.07 Å². The van der Waals surface area contributed by atoms with Crippen molar-refractivity contribution in [2.45, 2.75) is 13.5 Å². The van der Waals surface area contributed by atoms with E-state index >= 15 is 0 Å². The minimum Gasteiger partial charge on any atom is -0.334 e. The number of nitrogens with zero attached hydrogens (tertiary/aromatic N) is 5. The summed E-state index contributed by atoms with van der Waals surface area (Å²) in [4.78, 5) is 16.4. The lowest BCUT2D eigenvalue weighted by atomic mass is 10.2. The molecule has 0 fully saturated rings. The SMILES string of the molecule is Cc1nsc(NC(=O)NCc2cccnc2-n2cccn2)c1C#N. The van der Waals surface area contributed by atoms with Crippen LogP contribution in [-0.2, 0) is 6.54 Å². The molecule has 24 heavy (non-hydrogen) atoms. The molecule has 0 bridgehead atoms. The lowest BCUT2D eigenvalue weighted by Gasteiger charge is -2.10. The second-order valence-electron chi connectivity index (χ2n) is 4.83. The maximum Gasteiger partial charge on any atom is 0.320 e. The molecule has 2 amide bonds. The van der Waals surface area contributed by atoms with Crippen LogP contribution in [0.15, 0.2) is 36.8 Å². The first-order chi connectivity index (χ1) is 11.7. The van der Waals surface area contributed by atoms with E-state index in [1.165, 1.54) is 0 Å². The highest BCUT2D eigenvalue weighted by Crippen LogP contribution is 2.23. The molecular weight excluding hydrogens is 326 g/mol. The van der Waals surface area contributed by atoms with E-state index in [4.69, 9.17) is 5.26 Å². The van der Waals surface area contributed by atoms with E-state index in [1.54, 1.807) is 42.3 Å². The Bertz CT molecular complexity index is 895. The van der Waals surface area contributed by atoms with E-state index < -0.39 is 6.03 Å². The average Bonchev–Trinajstić information content (AvgIpc) is 3.23. The number of carbonyl (C=O) groups is 1. The first-order valence-corrected chi connectivity index (χ1v) is 7.81. The number of hydrogen-bond acceptors (Lipinski definition) is 6. The van der Waals surface area contributed by atoms with Crippen molar-refractivity contribution >= 4 is 22.6 Å². The first-order valence-electron chi connectivity index (χ1n) is 7.04. The number of hydrogen-bond donors (Lipinski definition) is 2. The topological polar surface area (TPSA) is 109 Å². The number of nitriles is 1. The molecule has 0 atom stereocenters. The summed E-state index contributed by atoms with van der Waals surface area (Å²) in [5, 5.41) is 19.1. The largest absolute Gasteiger partial charge is 0.334 e. The molecule has 3 aromatic heterocycles. The van der Waals surface area contributed by atoms with Crippen molar-refractivity contribution in [1.29, 1.82) is 5.26 Å². The molecule has 8 nitrogen and oxygen atoms in total. The number of anilines is 1. The van der Waals surface area contributed by atoms with Crippen molar-refractivity contribution in [2.75, 3.05) is 5.32 Å². The highest BCUT2D eigenvalue weighted by Gasteiger charge is 2.13. The van der Waals surface area contributed by atoms with E-state index in [9.17, 15) is 4.79 Å². The molecule has 0 saturated carbocycles. The Morgan fingerprint density at radius 1 is 1.42 bits per heavy atom. The van der Waals surface area contributed by atoms with Gasteiger partial charge in [-0.25, -0.2) is 14.5 Å². The molecule has 2 N–H and O–H groups in total. The van der Waals surface area contributed by atoms with Crippen molar-refractivity contribution in [3.8, 4) is 11.9 Å². The number of amides is 2. The molecule has 0 unspecified atom stereocenters. The number of pyridine rings is 1. The van der Waals surface area contributed by atoms with Crippen LogP contribution in [0.5, 0.6) is 0 Å². The minimum atomic E-state index is -0.412. The Morgan fingerprint density at radius 3 is 3.04 bits per heavy atom. The first kappa shape index (κ1) is 15.6. The molecule has 0 aliphatic carbocycles. The highest BCUT2D eigenvalue weighted by molar-refractivity contribution is 7.10. The molecule has 9 heteroatoms. The van der Waals surface area contributed by atoms with Crippen LogP contribution in [0.1, 0.15) is 16.8 Å². The molecule has 3 aromatic rings. The summed E-state index contributed by atoms with van der Waals surface area (Å²) in [7, 11) is 0. The number of carbonyl (C=O) groups excluding carboxylic acids is 1. The molecule has 3 rings (SSSR count). The number of urea groups is 1. The van der Waals surface area contributed by atoms with Crippen LogP contribution in [0.2, 0.25) is 0 Å². The third-order valence-corrected chi connectivity index (χ3v) is 4.08. The Labute approximate surface area is 141 Å². The Balaban J connectivity index is 1.68. The Kier molecular flexibility index (Phi) is 4.49. The van der Waals surface area contributed by atoms with Gasteiger partial charge in [-0.15, -0.1) is 0 Å². The monoisotopic (exact) mass is 339 g/mol. The van der Waals surface area contributed by atoms with Crippen LogP contribution in [-0.4, -0.2) is 25.2 Å². The summed E-state index contributed by atoms with van der Waals surface area (Å²) in [6.45, 7) is 2.00. The van der Waals surface area contributed by atoms with Crippen LogP contribution in [0.3, 0.4) is 0 Å².